The number of rotatable bonds is 9. The van der Waals surface area contributed by atoms with Crippen LogP contribution in [0, 0.1) is 11.3 Å². The number of anilines is 1. The van der Waals surface area contributed by atoms with Crippen molar-refractivity contribution < 1.29 is 4.79 Å². The largest absolute Gasteiger partial charge is 0.315 e. The van der Waals surface area contributed by atoms with E-state index in [1.165, 1.54) is 0 Å². The van der Waals surface area contributed by atoms with Gasteiger partial charge in [0.15, 0.2) is 0 Å². The molecule has 0 spiro atoms. The number of nitrogens with zero attached hydrogens (tertiary/aromatic N) is 4. The smallest absolute Gasteiger partial charge is 0.234 e. The van der Waals surface area contributed by atoms with Gasteiger partial charge in [-0.05, 0) is 41.3 Å². The summed E-state index contributed by atoms with van der Waals surface area (Å²) >= 11 is 0. The molecule has 0 radical (unpaired) electrons. The zero-order valence-corrected chi connectivity index (χ0v) is 19.8. The minimum absolute atomic E-state index is 0.114. The SMILES string of the molecule is C[C@H](CNCC(C(=O)Nc1ccc(-c2cnn(C)c2)cn1)c1ccccc1)c1ccc(C#N)cc1. The van der Waals surface area contributed by atoms with Crippen LogP contribution in [0.15, 0.2) is 85.3 Å². The highest BCUT2D eigenvalue weighted by atomic mass is 16.2. The molecule has 7 nitrogen and oxygen atoms in total. The van der Waals surface area contributed by atoms with E-state index >= 15 is 0 Å². The molecule has 0 bridgehead atoms. The van der Waals surface area contributed by atoms with Crippen molar-refractivity contribution in [1.29, 1.82) is 5.26 Å². The zero-order chi connectivity index (χ0) is 24.6. The number of benzene rings is 2. The van der Waals surface area contributed by atoms with Gasteiger partial charge in [0.25, 0.3) is 0 Å². The van der Waals surface area contributed by atoms with Crippen molar-refractivity contribution in [3.8, 4) is 17.2 Å². The normalized spacial score (nSPS) is 12.5. The highest BCUT2D eigenvalue weighted by Gasteiger charge is 2.21. The summed E-state index contributed by atoms with van der Waals surface area (Å²) in [6.45, 7) is 3.32. The molecular weight excluding hydrogens is 436 g/mol. The Morgan fingerprint density at radius 2 is 1.74 bits per heavy atom. The number of carbonyl (C=O) groups is 1. The molecule has 4 aromatic rings. The van der Waals surface area contributed by atoms with Gasteiger partial charge in [-0.1, -0.05) is 49.4 Å². The van der Waals surface area contributed by atoms with Gasteiger partial charge in [-0.15, -0.1) is 0 Å². The van der Waals surface area contributed by atoms with Gasteiger partial charge >= 0.3 is 0 Å². The molecule has 35 heavy (non-hydrogen) atoms. The summed E-state index contributed by atoms with van der Waals surface area (Å²) in [6, 6.07) is 23.3. The van der Waals surface area contributed by atoms with Gasteiger partial charge in [0.2, 0.25) is 5.91 Å². The first-order valence-corrected chi connectivity index (χ1v) is 11.5. The summed E-state index contributed by atoms with van der Waals surface area (Å²) in [6.07, 6.45) is 5.44. The molecule has 1 unspecified atom stereocenters. The standard InChI is InChI=1S/C28H28N6O/c1-20(22-10-8-21(14-29)9-11-22)15-30-18-26(23-6-4-3-5-7-23)28(35)33-27-13-12-24(16-31-27)25-17-32-34(2)19-25/h3-13,16-17,19-20,26,30H,15,18H2,1-2H3,(H,31,33,35)/t20-,26?/m1/s1. The lowest BCUT2D eigenvalue weighted by atomic mass is 9.96. The number of amides is 1. The van der Waals surface area contributed by atoms with E-state index in [0.29, 0.717) is 24.5 Å². The molecule has 7 heteroatoms. The van der Waals surface area contributed by atoms with E-state index in [4.69, 9.17) is 5.26 Å². The minimum Gasteiger partial charge on any atom is -0.315 e. The Morgan fingerprint density at radius 1 is 0.971 bits per heavy atom. The summed E-state index contributed by atoms with van der Waals surface area (Å²) < 4.78 is 1.74. The fraction of sp³-hybridized carbons (Fsp3) is 0.214. The molecule has 176 valence electrons. The first-order valence-electron chi connectivity index (χ1n) is 11.5. The number of hydrogen-bond donors (Lipinski definition) is 2. The number of aromatic nitrogens is 3. The van der Waals surface area contributed by atoms with Crippen LogP contribution in [0.3, 0.4) is 0 Å². The third kappa shape index (κ3) is 6.19. The number of nitrogens with one attached hydrogen (secondary N) is 2. The van der Waals surface area contributed by atoms with Crippen LogP contribution in [0.2, 0.25) is 0 Å². The van der Waals surface area contributed by atoms with Crippen LogP contribution in [0.5, 0.6) is 0 Å². The van der Waals surface area contributed by atoms with Crippen LogP contribution in [0.4, 0.5) is 5.82 Å². The summed E-state index contributed by atoms with van der Waals surface area (Å²) in [4.78, 5) is 17.7. The molecule has 4 rings (SSSR count). The Hall–Kier alpha value is -4.28. The molecule has 0 aliphatic rings. The molecule has 2 aromatic heterocycles. The summed E-state index contributed by atoms with van der Waals surface area (Å²) in [5, 5.41) is 19.6. The number of carbonyl (C=O) groups excluding carboxylic acids is 1. The van der Waals surface area contributed by atoms with Gasteiger partial charge in [-0.25, -0.2) is 4.98 Å². The number of nitriles is 1. The van der Waals surface area contributed by atoms with Gasteiger partial charge < -0.3 is 10.6 Å². The van der Waals surface area contributed by atoms with Gasteiger partial charge in [-0.2, -0.15) is 10.4 Å². The topological polar surface area (TPSA) is 95.6 Å². The van der Waals surface area contributed by atoms with E-state index < -0.39 is 0 Å². The monoisotopic (exact) mass is 464 g/mol. The first kappa shape index (κ1) is 23.9. The Labute approximate surface area is 205 Å². The molecule has 0 saturated heterocycles. The Balaban J connectivity index is 1.40. The molecule has 2 atom stereocenters. The number of pyridine rings is 1. The molecular formula is C28H28N6O. The second-order valence-electron chi connectivity index (χ2n) is 8.58. The maximum atomic E-state index is 13.3. The number of aryl methyl sites for hydroxylation is 1. The van der Waals surface area contributed by atoms with Crippen molar-refractivity contribution in [1.82, 2.24) is 20.1 Å². The molecule has 0 saturated carbocycles. The van der Waals surface area contributed by atoms with Crippen molar-refractivity contribution in [3.05, 3.63) is 102 Å². The average Bonchev–Trinajstić information content (AvgIpc) is 3.33. The predicted octanol–water partition coefficient (Wildman–Crippen LogP) is 4.47. The summed E-state index contributed by atoms with van der Waals surface area (Å²) in [5.74, 6) is 0.263. The zero-order valence-electron chi connectivity index (χ0n) is 19.8. The van der Waals surface area contributed by atoms with Crippen LogP contribution >= 0.6 is 0 Å². The van der Waals surface area contributed by atoms with Gasteiger partial charge in [0.1, 0.15) is 5.82 Å². The molecule has 2 aromatic carbocycles. The van der Waals surface area contributed by atoms with E-state index in [-0.39, 0.29) is 17.7 Å². The molecule has 0 fully saturated rings. The summed E-state index contributed by atoms with van der Waals surface area (Å²) in [5.41, 5.74) is 4.65. The van der Waals surface area contributed by atoms with E-state index in [1.807, 2.05) is 80.0 Å². The highest BCUT2D eigenvalue weighted by molar-refractivity contribution is 5.95. The van der Waals surface area contributed by atoms with Crippen LogP contribution in [-0.4, -0.2) is 33.8 Å². The van der Waals surface area contributed by atoms with E-state index in [1.54, 1.807) is 17.1 Å². The fourth-order valence-electron chi connectivity index (χ4n) is 3.92. The second kappa shape index (κ2) is 11.2. The molecule has 2 N–H and O–H groups in total. The maximum Gasteiger partial charge on any atom is 0.234 e. The third-order valence-electron chi connectivity index (χ3n) is 5.98. The third-order valence-corrected chi connectivity index (χ3v) is 5.98. The van der Waals surface area contributed by atoms with Crippen LogP contribution < -0.4 is 10.6 Å². The van der Waals surface area contributed by atoms with E-state index in [9.17, 15) is 4.79 Å². The second-order valence-corrected chi connectivity index (χ2v) is 8.58. The lowest BCUT2D eigenvalue weighted by Gasteiger charge is -2.20. The minimum atomic E-state index is -0.371. The van der Waals surface area contributed by atoms with Crippen molar-refractivity contribution >= 4 is 11.7 Å². The van der Waals surface area contributed by atoms with Gasteiger partial charge in [0, 0.05) is 43.7 Å². The van der Waals surface area contributed by atoms with E-state index in [0.717, 1.165) is 22.3 Å². The molecule has 0 aliphatic carbocycles. The Kier molecular flexibility index (Phi) is 7.66. The van der Waals surface area contributed by atoms with Crippen LogP contribution in [0.25, 0.3) is 11.1 Å². The number of hydrogen-bond acceptors (Lipinski definition) is 5. The van der Waals surface area contributed by atoms with Gasteiger partial charge in [0.05, 0.1) is 23.7 Å². The van der Waals surface area contributed by atoms with Gasteiger partial charge in [-0.3, -0.25) is 9.48 Å². The van der Waals surface area contributed by atoms with Crippen molar-refractivity contribution in [2.75, 3.05) is 18.4 Å². The molecule has 2 heterocycles. The van der Waals surface area contributed by atoms with Crippen LogP contribution in [0.1, 0.15) is 35.4 Å². The van der Waals surface area contributed by atoms with Crippen molar-refractivity contribution in [3.63, 3.8) is 0 Å². The van der Waals surface area contributed by atoms with Crippen molar-refractivity contribution in [2.24, 2.45) is 7.05 Å². The molecule has 0 aliphatic heterocycles. The Bertz CT molecular complexity index is 1290. The molecule has 1 amide bonds. The Morgan fingerprint density at radius 3 is 2.37 bits per heavy atom. The highest BCUT2D eigenvalue weighted by Crippen LogP contribution is 2.21. The fourth-order valence-corrected chi connectivity index (χ4v) is 3.92. The average molecular weight is 465 g/mol. The quantitative estimate of drug-likeness (QED) is 0.381. The maximum absolute atomic E-state index is 13.3. The first-order chi connectivity index (χ1) is 17.0. The lowest BCUT2D eigenvalue weighted by Crippen LogP contribution is -2.32. The summed E-state index contributed by atoms with van der Waals surface area (Å²) in [7, 11) is 1.87. The van der Waals surface area contributed by atoms with Crippen LogP contribution in [-0.2, 0) is 11.8 Å². The lowest BCUT2D eigenvalue weighted by molar-refractivity contribution is -0.117. The van der Waals surface area contributed by atoms with Crippen molar-refractivity contribution in [2.45, 2.75) is 18.8 Å². The predicted molar refractivity (Wildman–Crippen MR) is 137 cm³/mol. The van der Waals surface area contributed by atoms with E-state index in [2.05, 4.69) is 33.7 Å².